The van der Waals surface area contributed by atoms with Crippen LogP contribution in [0.25, 0.3) is 0 Å². The molecule has 0 saturated carbocycles. The van der Waals surface area contributed by atoms with Gasteiger partial charge in [-0.25, -0.2) is 4.79 Å². The number of carbonyl (C=O) groups excluding carboxylic acids is 2. The number of carboxylic acids is 1. The maximum Gasteiger partial charge on any atom is 0.362 e. The molecule has 0 radical (unpaired) electrons. The molecule has 8 heteroatoms. The summed E-state index contributed by atoms with van der Waals surface area (Å²) in [6.07, 6.45) is 58.8. The molecule has 0 aromatic carbocycles. The summed E-state index contributed by atoms with van der Waals surface area (Å²) in [6.45, 7) is 4.73. The zero-order valence-corrected chi connectivity index (χ0v) is 43.2. The smallest absolute Gasteiger partial charge is 0.362 e. The van der Waals surface area contributed by atoms with Crippen LogP contribution in [0, 0.1) is 0 Å². The molecule has 8 nitrogen and oxygen atoms in total. The second-order valence-electron chi connectivity index (χ2n) is 19.5. The Morgan fingerprint density at radius 1 is 0.477 bits per heavy atom. The van der Waals surface area contributed by atoms with Gasteiger partial charge in [-0.1, -0.05) is 204 Å². The van der Waals surface area contributed by atoms with E-state index in [9.17, 15) is 19.5 Å². The van der Waals surface area contributed by atoms with E-state index in [0.29, 0.717) is 19.3 Å². The molecule has 0 saturated heterocycles. The zero-order valence-electron chi connectivity index (χ0n) is 43.2. The van der Waals surface area contributed by atoms with Gasteiger partial charge in [0.15, 0.2) is 12.1 Å². The Morgan fingerprint density at radius 2 is 0.862 bits per heavy atom. The van der Waals surface area contributed by atoms with E-state index in [4.69, 9.17) is 14.2 Å². The molecular formula is C57H104NO7+. The summed E-state index contributed by atoms with van der Waals surface area (Å²) >= 11 is 0. The number of esters is 2. The fraction of sp³-hybridized carbons (Fsp3) is 0.807. The van der Waals surface area contributed by atoms with Crippen molar-refractivity contribution in [1.29, 1.82) is 0 Å². The lowest BCUT2D eigenvalue weighted by molar-refractivity contribution is -0.887. The maximum absolute atomic E-state index is 12.8. The molecule has 2 unspecified atom stereocenters. The first-order valence-electron chi connectivity index (χ1n) is 27.2. The third-order valence-corrected chi connectivity index (χ3v) is 12.2. The lowest BCUT2D eigenvalue weighted by atomic mass is 10.1. The average Bonchev–Trinajstić information content (AvgIpc) is 3.27. The molecule has 0 heterocycles. The van der Waals surface area contributed by atoms with Gasteiger partial charge in [-0.05, 0) is 70.6 Å². The largest absolute Gasteiger partial charge is 0.477 e. The Labute approximate surface area is 401 Å². The number of allylic oxidation sites excluding steroid dienone is 8. The van der Waals surface area contributed by atoms with Crippen molar-refractivity contribution in [3.63, 3.8) is 0 Å². The second kappa shape index (κ2) is 47.8. The lowest BCUT2D eigenvalue weighted by Crippen LogP contribution is -2.50. The molecule has 0 aromatic heterocycles. The minimum absolute atomic E-state index is 0.0528. The van der Waals surface area contributed by atoms with Crippen molar-refractivity contribution in [2.24, 2.45) is 0 Å². The molecule has 0 aromatic rings. The molecule has 0 amide bonds. The van der Waals surface area contributed by atoms with Crippen molar-refractivity contribution in [2.45, 2.75) is 257 Å². The summed E-state index contributed by atoms with van der Waals surface area (Å²) in [5.41, 5.74) is 0. The Bertz CT molecular complexity index is 1200. The molecular weight excluding hydrogens is 811 g/mol. The molecule has 0 bridgehead atoms. The van der Waals surface area contributed by atoms with E-state index >= 15 is 0 Å². The van der Waals surface area contributed by atoms with Crippen LogP contribution in [0.3, 0.4) is 0 Å². The van der Waals surface area contributed by atoms with Gasteiger partial charge >= 0.3 is 17.9 Å². The van der Waals surface area contributed by atoms with E-state index in [2.05, 4.69) is 62.5 Å². The van der Waals surface area contributed by atoms with Gasteiger partial charge in [-0.2, -0.15) is 0 Å². The number of unbranched alkanes of at least 4 members (excludes halogenated alkanes) is 28. The van der Waals surface area contributed by atoms with Crippen LogP contribution in [0.5, 0.6) is 0 Å². The minimum atomic E-state index is -0.878. The summed E-state index contributed by atoms with van der Waals surface area (Å²) in [5.74, 6) is -1.49. The van der Waals surface area contributed by atoms with Gasteiger partial charge in [0.1, 0.15) is 6.61 Å². The number of ether oxygens (including phenoxy) is 3. The molecule has 0 aliphatic heterocycles. The van der Waals surface area contributed by atoms with E-state index in [1.165, 1.54) is 141 Å². The van der Waals surface area contributed by atoms with Gasteiger partial charge < -0.3 is 23.8 Å². The lowest BCUT2D eigenvalue weighted by Gasteiger charge is -2.31. The van der Waals surface area contributed by atoms with Crippen LogP contribution in [-0.2, 0) is 28.6 Å². The van der Waals surface area contributed by atoms with Gasteiger partial charge in [-0.3, -0.25) is 9.59 Å². The molecule has 0 aliphatic rings. The number of likely N-dealkylation sites (N-methyl/N-ethyl adjacent to an activating group) is 1. The topological polar surface area (TPSA) is 99.1 Å². The van der Waals surface area contributed by atoms with Crippen molar-refractivity contribution < 1.29 is 38.2 Å². The molecule has 378 valence electrons. The first-order valence-corrected chi connectivity index (χ1v) is 27.2. The summed E-state index contributed by atoms with van der Waals surface area (Å²) in [6, 6.07) is -0.620. The number of hydrogen-bond donors (Lipinski definition) is 1. The third kappa shape index (κ3) is 46.2. The second-order valence-corrected chi connectivity index (χ2v) is 19.5. The molecule has 0 rings (SSSR count). The number of nitrogens with zero attached hydrogens (tertiary/aromatic N) is 1. The Hall–Kier alpha value is -2.71. The number of carbonyl (C=O) groups is 3. The number of hydrogen-bond acceptors (Lipinski definition) is 6. The van der Waals surface area contributed by atoms with Crippen LogP contribution >= 0.6 is 0 Å². The normalized spacial score (nSPS) is 13.2. The first-order chi connectivity index (χ1) is 31.6. The quantitative estimate of drug-likeness (QED) is 0.0213. The molecule has 0 fully saturated rings. The summed E-state index contributed by atoms with van der Waals surface area (Å²) in [5, 5.41) is 9.66. The predicted octanol–water partition coefficient (Wildman–Crippen LogP) is 15.9. The number of quaternary nitrogens is 1. The summed E-state index contributed by atoms with van der Waals surface area (Å²) in [7, 11) is 5.53. The molecule has 1 N–H and O–H groups in total. The number of aliphatic carboxylic acids is 1. The van der Waals surface area contributed by atoms with Crippen LogP contribution in [0.15, 0.2) is 48.6 Å². The first kappa shape index (κ1) is 62.3. The molecule has 65 heavy (non-hydrogen) atoms. The minimum Gasteiger partial charge on any atom is -0.477 e. The molecule has 2 atom stereocenters. The van der Waals surface area contributed by atoms with Crippen LogP contribution < -0.4 is 0 Å². The van der Waals surface area contributed by atoms with E-state index < -0.39 is 18.1 Å². The van der Waals surface area contributed by atoms with Crippen LogP contribution in [-0.4, -0.2) is 80.6 Å². The van der Waals surface area contributed by atoms with Crippen molar-refractivity contribution in [3.05, 3.63) is 48.6 Å². The summed E-state index contributed by atoms with van der Waals surface area (Å²) < 4.78 is 17.4. The SMILES string of the molecule is CCCCCCCCC/C=C/C=C/CCCCCCCC(=O)OCC(COCCC(C(=O)O)[N+](C)(C)C)OC(=O)CCCCCCCCC/C=C/C/C=C/CCCCCCCCCCC. The van der Waals surface area contributed by atoms with E-state index in [1.54, 1.807) is 0 Å². The Kier molecular flexibility index (Phi) is 45.8. The average molecular weight is 915 g/mol. The Morgan fingerprint density at radius 3 is 1.28 bits per heavy atom. The highest BCUT2D eigenvalue weighted by Gasteiger charge is 2.31. The number of carboxylic acid groups (broad SMARTS) is 1. The summed E-state index contributed by atoms with van der Waals surface area (Å²) in [4.78, 5) is 37.2. The van der Waals surface area contributed by atoms with Gasteiger partial charge in [0.2, 0.25) is 0 Å². The highest BCUT2D eigenvalue weighted by atomic mass is 16.6. The van der Waals surface area contributed by atoms with Crippen molar-refractivity contribution in [3.8, 4) is 0 Å². The van der Waals surface area contributed by atoms with Crippen molar-refractivity contribution in [1.82, 2.24) is 0 Å². The van der Waals surface area contributed by atoms with E-state index in [0.717, 1.165) is 70.6 Å². The highest BCUT2D eigenvalue weighted by molar-refractivity contribution is 5.72. The van der Waals surface area contributed by atoms with E-state index in [1.807, 2.05) is 21.1 Å². The van der Waals surface area contributed by atoms with Crippen LogP contribution in [0.1, 0.15) is 245 Å². The standard InChI is InChI=1S/C57H103NO7/c1-6-8-10-12-14-16-18-20-22-24-26-27-28-29-30-32-34-36-38-40-42-44-46-48-56(60)65-53(51-63-50-49-54(57(61)62)58(3,4)5)52-64-55(59)47-45-43-41-39-37-35-33-31-25-23-21-19-17-15-13-11-9-7-2/h23,25-27,29-31,33,53-54H,6-22,24,28,32,34-52H2,1-5H3/p+1/b25-23+,27-26+,30-29+,33-31+. The Balaban J connectivity index is 4.25. The fourth-order valence-electron chi connectivity index (χ4n) is 8.00. The maximum atomic E-state index is 12.8. The van der Waals surface area contributed by atoms with Crippen molar-refractivity contribution >= 4 is 17.9 Å². The zero-order chi connectivity index (χ0) is 47.7. The van der Waals surface area contributed by atoms with Gasteiger partial charge in [-0.15, -0.1) is 0 Å². The molecule has 0 aliphatic carbocycles. The number of rotatable bonds is 49. The monoisotopic (exact) mass is 915 g/mol. The van der Waals surface area contributed by atoms with Crippen LogP contribution in [0.2, 0.25) is 0 Å². The van der Waals surface area contributed by atoms with Crippen molar-refractivity contribution in [2.75, 3.05) is 41.0 Å². The van der Waals surface area contributed by atoms with Gasteiger partial charge in [0.05, 0.1) is 34.4 Å². The van der Waals surface area contributed by atoms with Gasteiger partial charge in [0.25, 0.3) is 0 Å². The predicted molar refractivity (Wildman–Crippen MR) is 275 cm³/mol. The fourth-order valence-corrected chi connectivity index (χ4v) is 8.00. The van der Waals surface area contributed by atoms with Crippen LogP contribution in [0.4, 0.5) is 0 Å². The highest BCUT2D eigenvalue weighted by Crippen LogP contribution is 2.15. The van der Waals surface area contributed by atoms with Gasteiger partial charge in [0, 0.05) is 19.3 Å². The third-order valence-electron chi connectivity index (χ3n) is 12.2. The molecule has 0 spiro atoms. The van der Waals surface area contributed by atoms with E-state index in [-0.39, 0.29) is 36.2 Å².